The van der Waals surface area contributed by atoms with E-state index in [1.54, 1.807) is 13.0 Å². The molecule has 0 fully saturated rings. The molecule has 0 saturated heterocycles. The molecule has 0 unspecified atom stereocenters. The van der Waals surface area contributed by atoms with Crippen LogP contribution in [-0.2, 0) is 6.42 Å². The first kappa shape index (κ1) is 13.5. The molecular formula is C15H18FN3. The third-order valence-electron chi connectivity index (χ3n) is 2.93. The molecule has 0 spiro atoms. The normalized spacial score (nSPS) is 10.5. The Morgan fingerprint density at radius 2 is 1.95 bits per heavy atom. The average molecular weight is 259 g/mol. The van der Waals surface area contributed by atoms with Crippen LogP contribution in [0.5, 0.6) is 0 Å². The zero-order valence-corrected chi connectivity index (χ0v) is 11.5. The van der Waals surface area contributed by atoms with E-state index >= 15 is 0 Å². The van der Waals surface area contributed by atoms with Crippen LogP contribution >= 0.6 is 0 Å². The minimum absolute atomic E-state index is 0.229. The van der Waals surface area contributed by atoms with Gasteiger partial charge < -0.3 is 5.32 Å². The molecule has 0 aliphatic rings. The minimum Gasteiger partial charge on any atom is -0.370 e. The second-order valence-electron chi connectivity index (χ2n) is 4.42. The van der Waals surface area contributed by atoms with E-state index in [0.717, 1.165) is 24.5 Å². The zero-order chi connectivity index (χ0) is 13.8. The lowest BCUT2D eigenvalue weighted by molar-refractivity contribution is 0.619. The van der Waals surface area contributed by atoms with Crippen molar-refractivity contribution >= 4 is 5.82 Å². The number of anilines is 1. The molecule has 2 aromatic rings. The maximum atomic E-state index is 13.6. The molecule has 100 valence electrons. The highest BCUT2D eigenvalue weighted by atomic mass is 19.1. The van der Waals surface area contributed by atoms with Crippen molar-refractivity contribution in [3.05, 3.63) is 41.3 Å². The standard InChI is InChI=1S/C15H18FN3/c1-4-12-9-14(17-5-2)19-15(18-12)11-7-6-10(3)13(16)8-11/h6-9H,4-5H2,1-3H3,(H,17,18,19). The zero-order valence-electron chi connectivity index (χ0n) is 11.5. The summed E-state index contributed by atoms with van der Waals surface area (Å²) in [5.74, 6) is 1.12. The van der Waals surface area contributed by atoms with Gasteiger partial charge in [0.25, 0.3) is 0 Å². The van der Waals surface area contributed by atoms with Crippen LogP contribution in [0.15, 0.2) is 24.3 Å². The minimum atomic E-state index is -0.229. The molecule has 19 heavy (non-hydrogen) atoms. The highest BCUT2D eigenvalue weighted by Crippen LogP contribution is 2.20. The lowest BCUT2D eigenvalue weighted by atomic mass is 10.1. The van der Waals surface area contributed by atoms with Gasteiger partial charge in [0.1, 0.15) is 11.6 Å². The highest BCUT2D eigenvalue weighted by Gasteiger charge is 2.08. The van der Waals surface area contributed by atoms with Gasteiger partial charge >= 0.3 is 0 Å². The Balaban J connectivity index is 2.47. The number of nitrogens with one attached hydrogen (secondary N) is 1. The lowest BCUT2D eigenvalue weighted by Crippen LogP contribution is -2.04. The van der Waals surface area contributed by atoms with Crippen LogP contribution in [0, 0.1) is 12.7 Å². The van der Waals surface area contributed by atoms with E-state index < -0.39 is 0 Å². The molecule has 1 aromatic heterocycles. The Kier molecular flexibility index (Phi) is 4.10. The van der Waals surface area contributed by atoms with Gasteiger partial charge in [-0.2, -0.15) is 0 Å². The van der Waals surface area contributed by atoms with Gasteiger partial charge in [0.15, 0.2) is 5.82 Å². The molecule has 4 heteroatoms. The first-order valence-electron chi connectivity index (χ1n) is 6.52. The summed E-state index contributed by atoms with van der Waals surface area (Å²) in [6, 6.07) is 7.01. The number of aromatic nitrogens is 2. The third kappa shape index (κ3) is 3.08. The predicted molar refractivity (Wildman–Crippen MR) is 75.7 cm³/mol. The van der Waals surface area contributed by atoms with Crippen molar-refractivity contribution in [2.75, 3.05) is 11.9 Å². The summed E-state index contributed by atoms with van der Waals surface area (Å²) in [5, 5.41) is 3.17. The number of rotatable bonds is 4. The molecule has 0 bridgehead atoms. The van der Waals surface area contributed by atoms with Crippen molar-refractivity contribution in [1.82, 2.24) is 9.97 Å². The summed E-state index contributed by atoms with van der Waals surface area (Å²) < 4.78 is 13.6. The van der Waals surface area contributed by atoms with E-state index in [-0.39, 0.29) is 5.82 Å². The summed E-state index contributed by atoms with van der Waals surface area (Å²) >= 11 is 0. The second kappa shape index (κ2) is 5.78. The largest absolute Gasteiger partial charge is 0.370 e. The van der Waals surface area contributed by atoms with Gasteiger partial charge in [-0.15, -0.1) is 0 Å². The van der Waals surface area contributed by atoms with Crippen LogP contribution < -0.4 is 5.32 Å². The smallest absolute Gasteiger partial charge is 0.161 e. The Bertz CT molecular complexity index is 582. The fourth-order valence-corrected chi connectivity index (χ4v) is 1.81. The van der Waals surface area contributed by atoms with E-state index in [0.29, 0.717) is 17.0 Å². The van der Waals surface area contributed by atoms with Gasteiger partial charge in [-0.05, 0) is 31.9 Å². The number of benzene rings is 1. The first-order valence-corrected chi connectivity index (χ1v) is 6.52. The summed E-state index contributed by atoms with van der Waals surface area (Å²) in [5.41, 5.74) is 2.28. The van der Waals surface area contributed by atoms with Gasteiger partial charge in [0.2, 0.25) is 0 Å². The number of hydrogen-bond acceptors (Lipinski definition) is 3. The van der Waals surface area contributed by atoms with Crippen LogP contribution in [0.2, 0.25) is 0 Å². The topological polar surface area (TPSA) is 37.8 Å². The van der Waals surface area contributed by atoms with E-state index in [4.69, 9.17) is 0 Å². The Morgan fingerprint density at radius 3 is 2.58 bits per heavy atom. The number of nitrogens with zero attached hydrogens (tertiary/aromatic N) is 2. The van der Waals surface area contributed by atoms with Crippen LogP contribution in [0.4, 0.5) is 10.2 Å². The van der Waals surface area contributed by atoms with Gasteiger partial charge in [0.05, 0.1) is 0 Å². The maximum Gasteiger partial charge on any atom is 0.161 e. The van der Waals surface area contributed by atoms with E-state index in [1.165, 1.54) is 6.07 Å². The van der Waals surface area contributed by atoms with Crippen LogP contribution in [0.3, 0.4) is 0 Å². The molecule has 1 aromatic carbocycles. The Hall–Kier alpha value is -1.97. The van der Waals surface area contributed by atoms with Gasteiger partial charge in [-0.3, -0.25) is 0 Å². The van der Waals surface area contributed by atoms with E-state index in [2.05, 4.69) is 15.3 Å². The van der Waals surface area contributed by atoms with Gasteiger partial charge in [-0.25, -0.2) is 14.4 Å². The summed E-state index contributed by atoms with van der Waals surface area (Å²) in [6.07, 6.45) is 0.822. The fraction of sp³-hybridized carbons (Fsp3) is 0.333. The fourth-order valence-electron chi connectivity index (χ4n) is 1.81. The Labute approximate surface area is 112 Å². The van der Waals surface area contributed by atoms with Crippen LogP contribution in [0.25, 0.3) is 11.4 Å². The van der Waals surface area contributed by atoms with E-state index in [9.17, 15) is 4.39 Å². The highest BCUT2D eigenvalue weighted by molar-refractivity contribution is 5.58. The molecule has 0 aliphatic heterocycles. The molecule has 0 aliphatic carbocycles. The van der Waals surface area contributed by atoms with Crippen molar-refractivity contribution in [2.45, 2.75) is 27.2 Å². The molecule has 0 radical (unpaired) electrons. The van der Waals surface area contributed by atoms with Crippen molar-refractivity contribution in [1.29, 1.82) is 0 Å². The van der Waals surface area contributed by atoms with Crippen molar-refractivity contribution in [3.63, 3.8) is 0 Å². The molecule has 2 rings (SSSR count). The summed E-state index contributed by atoms with van der Waals surface area (Å²) in [7, 11) is 0. The third-order valence-corrected chi connectivity index (χ3v) is 2.93. The number of halogens is 1. The van der Waals surface area contributed by atoms with Gasteiger partial charge in [0, 0.05) is 23.9 Å². The molecule has 1 N–H and O–H groups in total. The van der Waals surface area contributed by atoms with Crippen molar-refractivity contribution in [2.24, 2.45) is 0 Å². The number of aryl methyl sites for hydroxylation is 2. The van der Waals surface area contributed by atoms with Gasteiger partial charge in [-0.1, -0.05) is 19.1 Å². The predicted octanol–water partition coefficient (Wildman–Crippen LogP) is 3.59. The monoisotopic (exact) mass is 259 g/mol. The SMILES string of the molecule is CCNc1cc(CC)nc(-c2ccc(C)c(F)c2)n1. The maximum absolute atomic E-state index is 13.6. The summed E-state index contributed by atoms with van der Waals surface area (Å²) in [4.78, 5) is 8.88. The molecule has 1 heterocycles. The van der Waals surface area contributed by atoms with Crippen molar-refractivity contribution in [3.8, 4) is 11.4 Å². The van der Waals surface area contributed by atoms with Crippen molar-refractivity contribution < 1.29 is 4.39 Å². The Morgan fingerprint density at radius 1 is 1.16 bits per heavy atom. The molecule has 0 atom stereocenters. The molecule has 0 saturated carbocycles. The first-order chi connectivity index (χ1) is 9.13. The molecular weight excluding hydrogens is 241 g/mol. The van der Waals surface area contributed by atoms with Crippen LogP contribution in [-0.4, -0.2) is 16.5 Å². The molecule has 3 nitrogen and oxygen atoms in total. The molecule has 0 amide bonds. The summed E-state index contributed by atoms with van der Waals surface area (Å²) in [6.45, 7) is 6.59. The lowest BCUT2D eigenvalue weighted by Gasteiger charge is -2.08. The average Bonchev–Trinajstić information content (AvgIpc) is 2.42. The quantitative estimate of drug-likeness (QED) is 0.911. The van der Waals surface area contributed by atoms with E-state index in [1.807, 2.05) is 26.0 Å². The number of hydrogen-bond donors (Lipinski definition) is 1. The van der Waals surface area contributed by atoms with Crippen LogP contribution in [0.1, 0.15) is 25.1 Å². The second-order valence-corrected chi connectivity index (χ2v) is 4.42.